The van der Waals surface area contributed by atoms with Crippen LogP contribution < -0.4 is 10.5 Å². The summed E-state index contributed by atoms with van der Waals surface area (Å²) in [5.74, 6) is -0.0566. The maximum absolute atomic E-state index is 12.7. The number of oxime groups is 1. The Kier molecular flexibility index (Phi) is 8.24. The number of carbonyl (C=O) groups excluding carboxylic acids is 1. The summed E-state index contributed by atoms with van der Waals surface area (Å²) in [6.45, 7) is 6.13. The van der Waals surface area contributed by atoms with Crippen LogP contribution in [0.1, 0.15) is 53.5 Å². The highest BCUT2D eigenvalue weighted by Crippen LogP contribution is 2.31. The van der Waals surface area contributed by atoms with E-state index in [2.05, 4.69) is 30.9 Å². The third kappa shape index (κ3) is 7.45. The van der Waals surface area contributed by atoms with E-state index < -0.39 is 17.7 Å². The van der Waals surface area contributed by atoms with Gasteiger partial charge in [-0.05, 0) is 46.9 Å². The minimum atomic E-state index is -4.52. The van der Waals surface area contributed by atoms with Gasteiger partial charge in [-0.2, -0.15) is 13.2 Å². The Morgan fingerprint density at radius 2 is 1.67 bits per heavy atom. The van der Waals surface area contributed by atoms with Crippen LogP contribution in [-0.2, 0) is 29.5 Å². The molecule has 36 heavy (non-hydrogen) atoms. The van der Waals surface area contributed by atoms with E-state index in [-0.39, 0.29) is 35.0 Å². The number of carbonyl (C=O) groups is 1. The first kappa shape index (κ1) is 27.0. The van der Waals surface area contributed by atoms with Gasteiger partial charge in [-0.1, -0.05) is 61.8 Å². The van der Waals surface area contributed by atoms with Crippen molar-refractivity contribution in [3.05, 3.63) is 93.8 Å². The highest BCUT2D eigenvalue weighted by atomic mass is 35.5. The largest absolute Gasteiger partial charge is 0.487 e. The first-order chi connectivity index (χ1) is 16.8. The van der Waals surface area contributed by atoms with E-state index >= 15 is 0 Å². The Bertz CT molecular complexity index is 1240. The van der Waals surface area contributed by atoms with Gasteiger partial charge in [0.1, 0.15) is 18.2 Å². The Balaban J connectivity index is 1.52. The number of nitrogens with two attached hydrogens (primary N) is 1. The van der Waals surface area contributed by atoms with Crippen molar-refractivity contribution in [2.75, 3.05) is 0 Å². The summed E-state index contributed by atoms with van der Waals surface area (Å²) in [4.78, 5) is 20.9. The number of rotatable bonds is 7. The first-order valence-electron chi connectivity index (χ1n) is 10.9. The SMILES string of the molecule is CC(C)(C)c1ccc(C(=O)ON=C(N)Cc2ccc(OCc3ncc(C(F)(F)F)cc3Cl)cc2)cc1. The van der Waals surface area contributed by atoms with Crippen molar-refractivity contribution in [3.63, 3.8) is 0 Å². The minimum Gasteiger partial charge on any atom is -0.487 e. The molecule has 0 bridgehead atoms. The summed E-state index contributed by atoms with van der Waals surface area (Å²) in [6.07, 6.45) is -3.58. The summed E-state index contributed by atoms with van der Waals surface area (Å²) in [7, 11) is 0. The van der Waals surface area contributed by atoms with E-state index in [1.54, 1.807) is 36.4 Å². The van der Waals surface area contributed by atoms with Gasteiger partial charge in [-0.3, -0.25) is 4.98 Å². The monoisotopic (exact) mass is 519 g/mol. The predicted molar refractivity (Wildman–Crippen MR) is 131 cm³/mol. The fourth-order valence-electron chi connectivity index (χ4n) is 3.08. The van der Waals surface area contributed by atoms with Crippen LogP contribution in [-0.4, -0.2) is 16.8 Å². The smallest absolute Gasteiger partial charge is 0.417 e. The topological polar surface area (TPSA) is 86.8 Å². The highest BCUT2D eigenvalue weighted by Gasteiger charge is 2.31. The molecule has 2 aromatic carbocycles. The summed E-state index contributed by atoms with van der Waals surface area (Å²) in [5.41, 5.74) is 7.34. The molecule has 3 aromatic rings. The van der Waals surface area contributed by atoms with Crippen LogP contribution in [0.15, 0.2) is 65.9 Å². The molecule has 0 fully saturated rings. The quantitative estimate of drug-likeness (QED) is 0.171. The van der Waals surface area contributed by atoms with Crippen LogP contribution in [0.3, 0.4) is 0 Å². The van der Waals surface area contributed by atoms with Crippen molar-refractivity contribution in [2.45, 2.75) is 45.4 Å². The van der Waals surface area contributed by atoms with E-state index in [1.807, 2.05) is 12.1 Å². The highest BCUT2D eigenvalue weighted by molar-refractivity contribution is 6.31. The Morgan fingerprint density at radius 1 is 1.03 bits per heavy atom. The summed E-state index contributed by atoms with van der Waals surface area (Å²) < 4.78 is 43.7. The third-order valence-electron chi connectivity index (χ3n) is 5.16. The van der Waals surface area contributed by atoms with Crippen molar-refractivity contribution in [1.29, 1.82) is 0 Å². The van der Waals surface area contributed by atoms with Crippen LogP contribution in [0.5, 0.6) is 5.75 Å². The molecule has 0 atom stereocenters. The Labute approximate surface area is 211 Å². The lowest BCUT2D eigenvalue weighted by Gasteiger charge is -2.18. The number of benzene rings is 2. The molecule has 0 spiro atoms. The lowest BCUT2D eigenvalue weighted by molar-refractivity contribution is -0.137. The maximum Gasteiger partial charge on any atom is 0.417 e. The van der Waals surface area contributed by atoms with E-state index in [0.29, 0.717) is 17.5 Å². The van der Waals surface area contributed by atoms with Crippen molar-refractivity contribution < 1.29 is 27.5 Å². The van der Waals surface area contributed by atoms with Gasteiger partial charge in [0.05, 0.1) is 21.8 Å². The number of aromatic nitrogens is 1. The average molecular weight is 520 g/mol. The molecule has 2 N–H and O–H groups in total. The Hall–Kier alpha value is -3.59. The van der Waals surface area contributed by atoms with Crippen molar-refractivity contribution in [1.82, 2.24) is 4.98 Å². The molecule has 190 valence electrons. The molecule has 10 heteroatoms. The zero-order chi connectivity index (χ0) is 26.5. The van der Waals surface area contributed by atoms with Crippen LogP contribution >= 0.6 is 11.6 Å². The molecule has 0 radical (unpaired) electrons. The van der Waals surface area contributed by atoms with Crippen molar-refractivity contribution in [3.8, 4) is 5.75 Å². The lowest BCUT2D eigenvalue weighted by atomic mass is 9.87. The number of hydrogen-bond acceptors (Lipinski definition) is 5. The zero-order valence-electron chi connectivity index (χ0n) is 19.9. The van der Waals surface area contributed by atoms with Gasteiger partial charge in [-0.25, -0.2) is 4.79 Å². The number of halogens is 4. The second-order valence-electron chi connectivity index (χ2n) is 9.05. The van der Waals surface area contributed by atoms with Gasteiger partial charge in [0.25, 0.3) is 0 Å². The average Bonchev–Trinajstić information content (AvgIpc) is 2.81. The second kappa shape index (κ2) is 11.0. The maximum atomic E-state index is 12.7. The van der Waals surface area contributed by atoms with Crippen LogP contribution in [0.2, 0.25) is 5.02 Å². The van der Waals surface area contributed by atoms with E-state index in [0.717, 1.165) is 17.2 Å². The summed E-state index contributed by atoms with van der Waals surface area (Å²) in [6, 6.07) is 14.7. The molecule has 0 aliphatic heterocycles. The van der Waals surface area contributed by atoms with Crippen molar-refractivity contribution in [2.24, 2.45) is 10.9 Å². The number of ether oxygens (including phenoxy) is 1. The molecule has 0 unspecified atom stereocenters. The van der Waals surface area contributed by atoms with E-state index in [4.69, 9.17) is 26.9 Å². The number of pyridine rings is 1. The van der Waals surface area contributed by atoms with Crippen LogP contribution in [0.4, 0.5) is 13.2 Å². The van der Waals surface area contributed by atoms with Gasteiger partial charge in [0, 0.05) is 12.6 Å². The van der Waals surface area contributed by atoms with Crippen LogP contribution in [0.25, 0.3) is 0 Å². The molecule has 1 heterocycles. The second-order valence-corrected chi connectivity index (χ2v) is 9.46. The molecule has 0 saturated heterocycles. The first-order valence-corrected chi connectivity index (χ1v) is 11.3. The molecule has 0 aliphatic carbocycles. The number of amidine groups is 1. The summed E-state index contributed by atoms with van der Waals surface area (Å²) in [5, 5.41) is 3.58. The summed E-state index contributed by atoms with van der Waals surface area (Å²) >= 11 is 5.89. The fourth-order valence-corrected chi connectivity index (χ4v) is 3.30. The van der Waals surface area contributed by atoms with Gasteiger partial charge >= 0.3 is 12.1 Å². The number of nitrogens with zero attached hydrogens (tertiary/aromatic N) is 2. The fraction of sp³-hybridized carbons (Fsp3) is 0.269. The van der Waals surface area contributed by atoms with Crippen LogP contribution in [0, 0.1) is 0 Å². The zero-order valence-corrected chi connectivity index (χ0v) is 20.7. The van der Waals surface area contributed by atoms with Gasteiger partial charge in [0.2, 0.25) is 0 Å². The molecule has 6 nitrogen and oxygen atoms in total. The van der Waals surface area contributed by atoms with Gasteiger partial charge in [0.15, 0.2) is 0 Å². The molecule has 3 rings (SSSR count). The number of alkyl halides is 3. The molecule has 0 aliphatic rings. The van der Waals surface area contributed by atoms with Gasteiger partial charge in [-0.15, -0.1) is 0 Å². The standard InChI is InChI=1S/C26H25ClF3N3O3/c1-25(2,3)18-8-6-17(7-9-18)24(34)36-33-23(31)12-16-4-10-20(11-5-16)35-15-22-21(27)13-19(14-32-22)26(28,29)30/h4-11,13-14H,12,15H2,1-3H3,(H2,31,33). The van der Waals surface area contributed by atoms with E-state index in [1.165, 1.54) is 0 Å². The Morgan fingerprint density at radius 3 is 2.22 bits per heavy atom. The molecule has 0 saturated carbocycles. The van der Waals surface area contributed by atoms with E-state index in [9.17, 15) is 18.0 Å². The molecule has 0 amide bonds. The minimum absolute atomic E-state index is 0.0300. The lowest BCUT2D eigenvalue weighted by Crippen LogP contribution is -2.17. The predicted octanol–water partition coefficient (Wildman–Crippen LogP) is 6.30. The molecule has 1 aromatic heterocycles. The molecular formula is C26H25ClF3N3O3. The third-order valence-corrected chi connectivity index (χ3v) is 5.49. The molecular weight excluding hydrogens is 495 g/mol. The van der Waals surface area contributed by atoms with Crippen molar-refractivity contribution >= 4 is 23.4 Å². The normalized spacial score (nSPS) is 12.4. The number of hydrogen-bond donors (Lipinski definition) is 1. The van der Waals surface area contributed by atoms with Gasteiger partial charge < -0.3 is 15.3 Å².